The maximum atomic E-state index is 14.2. The number of hydrazine groups is 1. The number of urea groups is 2. The molecule has 0 spiro atoms. The number of nitrogens with zero attached hydrogens (tertiary/aromatic N) is 4. The number of anilines is 3. The summed E-state index contributed by atoms with van der Waals surface area (Å²) in [6.45, 7) is 5.14. The van der Waals surface area contributed by atoms with Crippen molar-refractivity contribution >= 4 is 72.2 Å². The Bertz CT molecular complexity index is 2650. The number of aromatic nitrogens is 2. The lowest BCUT2D eigenvalue weighted by atomic mass is 10.1. The van der Waals surface area contributed by atoms with E-state index in [2.05, 4.69) is 25.3 Å². The van der Waals surface area contributed by atoms with Gasteiger partial charge in [0.05, 0.1) is 38.5 Å². The van der Waals surface area contributed by atoms with Crippen molar-refractivity contribution in [1.82, 2.24) is 20.0 Å². The number of hydrogen-bond acceptors (Lipinski definition) is 8. The van der Waals surface area contributed by atoms with Crippen LogP contribution in [0, 0.1) is 20.8 Å². The van der Waals surface area contributed by atoms with E-state index in [9.17, 15) is 26.4 Å². The van der Waals surface area contributed by atoms with Gasteiger partial charge >= 0.3 is 12.1 Å². The maximum Gasteiger partial charge on any atom is 0.341 e. The monoisotopic (exact) mass is 857 g/mol. The standard InChI is InChI=1S/C41H37Cl2N7O6S2/c1-27-20-29(3)39(38(43)21-27)48-58(55,56)35-16-11-33(12-17-35)47-41(52)50(26-31-7-5-19-45-24-31)49(25-30-6-4-18-44-23-30)40(51)46-32-9-14-34(15-10-32)57(53,54)36-13-8-28(2)37(42)22-36/h4-24,48H,25-26H2,1-3H3,(H,46,51)(H,47,52). The van der Waals surface area contributed by atoms with E-state index in [1.54, 1.807) is 75.0 Å². The summed E-state index contributed by atoms with van der Waals surface area (Å²) >= 11 is 12.5. The van der Waals surface area contributed by atoms with E-state index in [1.165, 1.54) is 70.7 Å². The highest BCUT2D eigenvalue weighted by atomic mass is 35.5. The summed E-state index contributed by atoms with van der Waals surface area (Å²) in [5.41, 5.74) is 4.19. The molecule has 0 radical (unpaired) electrons. The van der Waals surface area contributed by atoms with Crippen molar-refractivity contribution in [2.24, 2.45) is 0 Å². The molecule has 298 valence electrons. The fourth-order valence-corrected chi connectivity index (χ4v) is 8.90. The van der Waals surface area contributed by atoms with Crippen LogP contribution in [0.1, 0.15) is 27.8 Å². The van der Waals surface area contributed by atoms with Gasteiger partial charge in [-0.3, -0.25) is 14.7 Å². The number of aryl methyl sites for hydroxylation is 3. The van der Waals surface area contributed by atoms with Crippen LogP contribution in [0.3, 0.4) is 0 Å². The van der Waals surface area contributed by atoms with Crippen LogP contribution in [-0.2, 0) is 33.0 Å². The summed E-state index contributed by atoms with van der Waals surface area (Å²) in [7, 11) is -7.99. The highest BCUT2D eigenvalue weighted by Crippen LogP contribution is 2.30. The average molecular weight is 859 g/mol. The minimum Gasteiger partial charge on any atom is -0.306 e. The number of rotatable bonds is 11. The van der Waals surface area contributed by atoms with Gasteiger partial charge in [0.1, 0.15) is 0 Å². The van der Waals surface area contributed by atoms with Crippen molar-refractivity contribution in [1.29, 1.82) is 0 Å². The minimum atomic E-state index is -4.06. The first-order valence-corrected chi connectivity index (χ1v) is 21.3. The van der Waals surface area contributed by atoms with Crippen molar-refractivity contribution in [3.8, 4) is 0 Å². The van der Waals surface area contributed by atoms with E-state index in [4.69, 9.17) is 23.2 Å². The molecule has 4 amide bonds. The SMILES string of the molecule is Cc1cc(C)c(NS(=O)(=O)c2ccc(NC(=O)N(Cc3cccnc3)N(Cc3cccnc3)C(=O)Nc3ccc(S(=O)(=O)c4ccc(C)c(Cl)c4)cc3)cc2)c(Cl)c1. The van der Waals surface area contributed by atoms with Gasteiger partial charge in [-0.25, -0.2) is 36.4 Å². The van der Waals surface area contributed by atoms with E-state index in [0.29, 0.717) is 21.7 Å². The molecule has 0 atom stereocenters. The summed E-state index contributed by atoms with van der Waals surface area (Å²) in [6.07, 6.45) is 6.25. The van der Waals surface area contributed by atoms with E-state index < -0.39 is 31.9 Å². The van der Waals surface area contributed by atoms with Crippen molar-refractivity contribution < 1.29 is 26.4 Å². The molecular weight excluding hydrogens is 822 g/mol. The van der Waals surface area contributed by atoms with Crippen LogP contribution >= 0.6 is 23.2 Å². The molecule has 2 heterocycles. The summed E-state index contributed by atoms with van der Waals surface area (Å²) in [5, 5.41) is 8.45. The van der Waals surface area contributed by atoms with E-state index in [-0.39, 0.29) is 49.9 Å². The zero-order chi connectivity index (χ0) is 41.6. The van der Waals surface area contributed by atoms with Gasteiger partial charge in [-0.05, 0) is 127 Å². The predicted molar refractivity (Wildman–Crippen MR) is 224 cm³/mol. The predicted octanol–water partition coefficient (Wildman–Crippen LogP) is 9.03. The van der Waals surface area contributed by atoms with Crippen LogP contribution in [-0.4, -0.2) is 48.9 Å². The van der Waals surface area contributed by atoms with Crippen LogP contribution in [0.4, 0.5) is 26.7 Å². The fourth-order valence-electron chi connectivity index (χ4n) is 5.79. The molecule has 2 aromatic heterocycles. The Morgan fingerprint density at radius 3 is 1.57 bits per heavy atom. The van der Waals surface area contributed by atoms with Gasteiger partial charge in [-0.1, -0.05) is 47.5 Å². The van der Waals surface area contributed by atoms with Crippen LogP contribution in [0.15, 0.2) is 143 Å². The Labute approximate surface area is 346 Å². The largest absolute Gasteiger partial charge is 0.341 e. The third-order valence-electron chi connectivity index (χ3n) is 8.82. The summed E-state index contributed by atoms with van der Waals surface area (Å²) in [5.74, 6) is 0. The Kier molecular flexibility index (Phi) is 12.7. The molecule has 0 saturated heterocycles. The second kappa shape index (κ2) is 17.6. The van der Waals surface area contributed by atoms with Gasteiger partial charge in [0.15, 0.2) is 0 Å². The van der Waals surface area contributed by atoms with Crippen molar-refractivity contribution in [3.05, 3.63) is 166 Å². The number of halogens is 2. The molecule has 58 heavy (non-hydrogen) atoms. The van der Waals surface area contributed by atoms with Crippen molar-refractivity contribution in [3.63, 3.8) is 0 Å². The average Bonchev–Trinajstić information content (AvgIpc) is 3.19. The first-order valence-electron chi connectivity index (χ1n) is 17.6. The molecule has 17 heteroatoms. The van der Waals surface area contributed by atoms with Gasteiger partial charge in [0.25, 0.3) is 10.0 Å². The van der Waals surface area contributed by atoms with Crippen molar-refractivity contribution in [2.45, 2.75) is 48.5 Å². The minimum absolute atomic E-state index is 0.0149. The molecule has 13 nitrogen and oxygen atoms in total. The lowest BCUT2D eigenvalue weighted by Crippen LogP contribution is -2.52. The molecule has 3 N–H and O–H groups in total. The number of benzene rings is 4. The number of amides is 4. The first kappa shape index (κ1) is 41.6. The van der Waals surface area contributed by atoms with Gasteiger partial charge in [-0.15, -0.1) is 0 Å². The molecular formula is C41H37Cl2N7O6S2. The maximum absolute atomic E-state index is 14.2. The quantitative estimate of drug-likeness (QED) is 0.108. The first-order chi connectivity index (χ1) is 27.6. The Morgan fingerprint density at radius 2 is 1.10 bits per heavy atom. The van der Waals surface area contributed by atoms with E-state index in [0.717, 1.165) is 11.1 Å². The van der Waals surface area contributed by atoms with Gasteiger partial charge in [0.2, 0.25) is 9.84 Å². The molecule has 4 aromatic carbocycles. The Morgan fingerprint density at radius 1 is 0.603 bits per heavy atom. The zero-order valence-corrected chi connectivity index (χ0v) is 34.5. The van der Waals surface area contributed by atoms with E-state index in [1.807, 2.05) is 13.0 Å². The highest BCUT2D eigenvalue weighted by Gasteiger charge is 2.28. The lowest BCUT2D eigenvalue weighted by molar-refractivity contribution is 0.0466. The number of pyridine rings is 2. The van der Waals surface area contributed by atoms with Crippen LogP contribution in [0.5, 0.6) is 0 Å². The molecule has 0 aliphatic rings. The second-order valence-electron chi connectivity index (χ2n) is 13.2. The lowest BCUT2D eigenvalue weighted by Gasteiger charge is -2.35. The van der Waals surface area contributed by atoms with Crippen LogP contribution in [0.25, 0.3) is 0 Å². The number of hydrogen-bond donors (Lipinski definition) is 3. The fraction of sp³-hybridized carbons (Fsp3) is 0.122. The molecule has 0 fully saturated rings. The molecule has 0 saturated carbocycles. The Hall–Kier alpha value is -6.00. The van der Waals surface area contributed by atoms with Crippen molar-refractivity contribution in [2.75, 3.05) is 15.4 Å². The molecule has 0 bridgehead atoms. The van der Waals surface area contributed by atoms with Gasteiger partial charge < -0.3 is 10.6 Å². The molecule has 0 unspecified atom stereocenters. The van der Waals surface area contributed by atoms with Gasteiger partial charge in [0, 0.05) is 41.2 Å². The third kappa shape index (κ3) is 9.92. The van der Waals surface area contributed by atoms with E-state index >= 15 is 0 Å². The molecule has 0 aliphatic heterocycles. The summed E-state index contributed by atoms with van der Waals surface area (Å²) in [6, 6.07) is 24.4. The highest BCUT2D eigenvalue weighted by molar-refractivity contribution is 7.92. The second-order valence-corrected chi connectivity index (χ2v) is 17.7. The number of sulfone groups is 1. The Balaban J connectivity index is 1.26. The zero-order valence-electron chi connectivity index (χ0n) is 31.3. The molecule has 0 aliphatic carbocycles. The third-order valence-corrected chi connectivity index (χ3v) is 12.7. The van der Waals surface area contributed by atoms with Gasteiger partial charge in [-0.2, -0.15) is 0 Å². The summed E-state index contributed by atoms with van der Waals surface area (Å²) < 4.78 is 55.9. The number of carbonyl (C=O) groups excluding carboxylic acids is 2. The topological polar surface area (TPSA) is 171 Å². The normalized spacial score (nSPS) is 11.4. The number of sulfonamides is 1. The van der Waals surface area contributed by atoms with Crippen LogP contribution < -0.4 is 15.4 Å². The van der Waals surface area contributed by atoms with Crippen LogP contribution in [0.2, 0.25) is 10.0 Å². The number of carbonyl (C=O) groups is 2. The molecule has 6 aromatic rings. The molecule has 6 rings (SSSR count). The smallest absolute Gasteiger partial charge is 0.306 e. The summed E-state index contributed by atoms with van der Waals surface area (Å²) in [4.78, 5) is 36.6. The number of nitrogens with one attached hydrogen (secondary N) is 3.